The Kier molecular flexibility index (Phi) is 10.5. The number of ketones is 1. The number of primary amides is 1. The molecule has 19 heavy (non-hydrogen) atoms. The number of carbonyl (C=O) groups excluding carboxylic acids is 2. The molecule has 4 nitrogen and oxygen atoms in total. The maximum Gasteiger partial charge on any atom is 0.217 e. The molecular formula is C15H30N2O2. The van der Waals surface area contributed by atoms with Gasteiger partial charge in [0.15, 0.2) is 5.78 Å². The molecule has 0 radical (unpaired) electrons. The van der Waals surface area contributed by atoms with Crippen molar-refractivity contribution < 1.29 is 9.59 Å². The Morgan fingerprint density at radius 3 is 2.16 bits per heavy atom. The van der Waals surface area contributed by atoms with Gasteiger partial charge in [0.2, 0.25) is 5.91 Å². The first-order valence-corrected chi connectivity index (χ1v) is 7.60. The van der Waals surface area contributed by atoms with Gasteiger partial charge in [-0.1, -0.05) is 46.0 Å². The number of hydrogen-bond donors (Lipinski definition) is 2. The molecule has 0 fully saturated rings. The van der Waals surface area contributed by atoms with Crippen molar-refractivity contribution in [2.45, 2.75) is 77.7 Å². The lowest BCUT2D eigenvalue weighted by Gasteiger charge is -2.18. The number of hydrogen-bond acceptors (Lipinski definition) is 3. The Balaban J connectivity index is 3.98. The molecule has 0 rings (SSSR count). The molecular weight excluding hydrogens is 240 g/mol. The molecule has 0 aliphatic rings. The number of unbranched alkanes of at least 4 members (excludes halogenated alkanes) is 4. The minimum atomic E-state index is -0.534. The third-order valence-corrected chi connectivity index (χ3v) is 3.62. The van der Waals surface area contributed by atoms with Crippen molar-refractivity contribution in [3.63, 3.8) is 0 Å². The van der Waals surface area contributed by atoms with Gasteiger partial charge in [-0.15, -0.1) is 0 Å². The van der Waals surface area contributed by atoms with E-state index >= 15 is 0 Å². The zero-order valence-electron chi connectivity index (χ0n) is 12.5. The van der Waals surface area contributed by atoms with Crippen LogP contribution in [0.2, 0.25) is 0 Å². The van der Waals surface area contributed by atoms with E-state index in [1.807, 2.05) is 6.92 Å². The molecule has 0 heterocycles. The third kappa shape index (κ3) is 8.76. The Morgan fingerprint density at radius 2 is 1.63 bits per heavy atom. The number of amides is 1. The minimum Gasteiger partial charge on any atom is -0.370 e. The van der Waals surface area contributed by atoms with Crippen LogP contribution >= 0.6 is 0 Å². The third-order valence-electron chi connectivity index (χ3n) is 3.62. The van der Waals surface area contributed by atoms with E-state index in [1.165, 1.54) is 25.7 Å². The molecule has 0 saturated heterocycles. The average Bonchev–Trinajstić information content (AvgIpc) is 2.39. The summed E-state index contributed by atoms with van der Waals surface area (Å²) in [5.41, 5.74) is 10.9. The van der Waals surface area contributed by atoms with Crippen molar-refractivity contribution in [1.29, 1.82) is 0 Å². The molecule has 0 aliphatic carbocycles. The highest BCUT2D eigenvalue weighted by atomic mass is 16.1. The molecule has 2 atom stereocenters. The van der Waals surface area contributed by atoms with Gasteiger partial charge in [0.05, 0.1) is 6.04 Å². The van der Waals surface area contributed by atoms with Crippen LogP contribution in [0.25, 0.3) is 0 Å². The summed E-state index contributed by atoms with van der Waals surface area (Å²) in [6, 6.07) is -0.534. The van der Waals surface area contributed by atoms with Gasteiger partial charge in [-0.3, -0.25) is 9.59 Å². The van der Waals surface area contributed by atoms with Crippen LogP contribution in [0, 0.1) is 5.92 Å². The zero-order chi connectivity index (χ0) is 14.7. The highest BCUT2D eigenvalue weighted by Gasteiger charge is 2.22. The van der Waals surface area contributed by atoms with Crippen molar-refractivity contribution in [3.05, 3.63) is 0 Å². The van der Waals surface area contributed by atoms with Crippen molar-refractivity contribution in [1.82, 2.24) is 0 Å². The van der Waals surface area contributed by atoms with Crippen LogP contribution in [0.15, 0.2) is 0 Å². The first-order valence-electron chi connectivity index (χ1n) is 7.60. The summed E-state index contributed by atoms with van der Waals surface area (Å²) in [5.74, 6) is -0.250. The van der Waals surface area contributed by atoms with Crippen LogP contribution < -0.4 is 11.5 Å². The molecule has 1 amide bonds. The molecule has 0 saturated carbocycles. The summed E-state index contributed by atoms with van der Waals surface area (Å²) in [6.45, 7) is 4.21. The molecule has 4 N–H and O–H groups in total. The van der Waals surface area contributed by atoms with Gasteiger partial charge < -0.3 is 11.5 Å². The van der Waals surface area contributed by atoms with Gasteiger partial charge in [-0.25, -0.2) is 0 Å². The standard InChI is InChI=1S/C15H30N2O2/c1-3-5-6-7-8-9-12(4-2)15(19)13(16)10-11-14(17)18/h12-13H,3-11,16H2,1-2H3,(H2,17,18). The topological polar surface area (TPSA) is 86.2 Å². The van der Waals surface area contributed by atoms with E-state index in [0.717, 1.165) is 19.3 Å². The van der Waals surface area contributed by atoms with E-state index in [-0.39, 0.29) is 18.1 Å². The fraction of sp³-hybridized carbons (Fsp3) is 0.867. The lowest BCUT2D eigenvalue weighted by molar-refractivity contribution is -0.124. The Labute approximate surface area is 117 Å². The quantitative estimate of drug-likeness (QED) is 0.534. The predicted molar refractivity (Wildman–Crippen MR) is 78.6 cm³/mol. The van der Waals surface area contributed by atoms with E-state index in [4.69, 9.17) is 11.5 Å². The first kappa shape index (κ1) is 18.1. The van der Waals surface area contributed by atoms with Crippen LogP contribution in [-0.4, -0.2) is 17.7 Å². The monoisotopic (exact) mass is 270 g/mol. The van der Waals surface area contributed by atoms with Crippen molar-refractivity contribution in [2.24, 2.45) is 17.4 Å². The van der Waals surface area contributed by atoms with E-state index in [0.29, 0.717) is 6.42 Å². The normalized spacial score (nSPS) is 14.1. The summed E-state index contributed by atoms with van der Waals surface area (Å²) >= 11 is 0. The van der Waals surface area contributed by atoms with Gasteiger partial charge in [0.25, 0.3) is 0 Å². The molecule has 0 bridgehead atoms. The molecule has 2 unspecified atom stereocenters. The van der Waals surface area contributed by atoms with Crippen LogP contribution in [0.4, 0.5) is 0 Å². The van der Waals surface area contributed by atoms with Gasteiger partial charge in [0, 0.05) is 12.3 Å². The average molecular weight is 270 g/mol. The minimum absolute atomic E-state index is 0.0458. The first-order chi connectivity index (χ1) is 9.02. The lowest BCUT2D eigenvalue weighted by atomic mass is 9.89. The second-order valence-corrected chi connectivity index (χ2v) is 5.32. The number of nitrogens with two attached hydrogens (primary N) is 2. The Hall–Kier alpha value is -0.900. The van der Waals surface area contributed by atoms with E-state index in [2.05, 4.69) is 6.92 Å². The molecule has 0 aliphatic heterocycles. The van der Waals surface area contributed by atoms with Crippen LogP contribution in [0.5, 0.6) is 0 Å². The van der Waals surface area contributed by atoms with Crippen molar-refractivity contribution >= 4 is 11.7 Å². The summed E-state index contributed by atoms with van der Waals surface area (Å²) < 4.78 is 0. The maximum absolute atomic E-state index is 12.1. The highest BCUT2D eigenvalue weighted by molar-refractivity contribution is 5.86. The van der Waals surface area contributed by atoms with Crippen LogP contribution in [0.3, 0.4) is 0 Å². The van der Waals surface area contributed by atoms with Gasteiger partial charge in [-0.05, 0) is 19.3 Å². The molecule has 0 aromatic rings. The zero-order valence-corrected chi connectivity index (χ0v) is 12.5. The fourth-order valence-corrected chi connectivity index (χ4v) is 2.28. The molecule has 0 spiro atoms. The second-order valence-electron chi connectivity index (χ2n) is 5.32. The van der Waals surface area contributed by atoms with Gasteiger partial charge >= 0.3 is 0 Å². The lowest BCUT2D eigenvalue weighted by Crippen LogP contribution is -2.36. The number of carbonyl (C=O) groups is 2. The summed E-state index contributed by atoms with van der Waals surface area (Å²) in [5, 5.41) is 0. The second kappa shape index (κ2) is 11.0. The number of Topliss-reactive ketones (excluding diaryl/α,β-unsaturated/α-hetero) is 1. The Morgan fingerprint density at radius 1 is 1.00 bits per heavy atom. The smallest absolute Gasteiger partial charge is 0.217 e. The summed E-state index contributed by atoms with van der Waals surface area (Å²) in [7, 11) is 0. The Bertz CT molecular complexity index is 267. The van der Waals surface area contributed by atoms with Gasteiger partial charge in [-0.2, -0.15) is 0 Å². The highest BCUT2D eigenvalue weighted by Crippen LogP contribution is 2.18. The van der Waals surface area contributed by atoms with Crippen molar-refractivity contribution in [2.75, 3.05) is 0 Å². The summed E-state index contributed by atoms with van der Waals surface area (Å²) in [6.07, 6.45) is 8.34. The predicted octanol–water partition coefficient (Wildman–Crippen LogP) is 2.53. The number of rotatable bonds is 12. The van der Waals surface area contributed by atoms with E-state index in [1.54, 1.807) is 0 Å². The van der Waals surface area contributed by atoms with E-state index < -0.39 is 11.9 Å². The summed E-state index contributed by atoms with van der Waals surface area (Å²) in [4.78, 5) is 22.8. The molecule has 112 valence electrons. The molecule has 0 aromatic heterocycles. The fourth-order valence-electron chi connectivity index (χ4n) is 2.28. The largest absolute Gasteiger partial charge is 0.370 e. The van der Waals surface area contributed by atoms with Crippen LogP contribution in [-0.2, 0) is 9.59 Å². The van der Waals surface area contributed by atoms with Crippen LogP contribution in [0.1, 0.15) is 71.6 Å². The molecule has 4 heteroatoms. The van der Waals surface area contributed by atoms with Crippen molar-refractivity contribution in [3.8, 4) is 0 Å². The van der Waals surface area contributed by atoms with E-state index in [9.17, 15) is 9.59 Å². The maximum atomic E-state index is 12.1. The van der Waals surface area contributed by atoms with Gasteiger partial charge in [0.1, 0.15) is 0 Å². The SMILES string of the molecule is CCCCCCCC(CC)C(=O)C(N)CCC(N)=O. The molecule has 0 aromatic carbocycles.